The first-order valence-corrected chi connectivity index (χ1v) is 8.30. The molecule has 0 bridgehead atoms. The van der Waals surface area contributed by atoms with Crippen molar-refractivity contribution in [3.05, 3.63) is 36.0 Å². The molecule has 0 aromatic heterocycles. The SMILES string of the molecule is C=C(C)C(C)(O)C(C)(O)/C=C\CC(C)(O)[C@H]1CC(=O)C(CO)=C[C@@H]1O. The predicted octanol–water partition coefficient (Wildman–Crippen LogP) is 0.630. The van der Waals surface area contributed by atoms with E-state index in [1.165, 1.54) is 39.0 Å². The largest absolute Gasteiger partial charge is 0.392 e. The molecule has 1 aliphatic rings. The van der Waals surface area contributed by atoms with Gasteiger partial charge >= 0.3 is 0 Å². The van der Waals surface area contributed by atoms with E-state index in [0.29, 0.717) is 5.57 Å². The monoisotopic (exact) mass is 354 g/mol. The maximum Gasteiger partial charge on any atom is 0.161 e. The standard InChI is InChI=1S/C19H30O6/c1-12(2)19(5,25)18(4,24)8-6-7-17(3,23)14-10-15(21)13(11-20)9-16(14)22/h6,8-9,14,16,20,22-25H,1,7,10-11H2,2-5H3/b8-6-/t14-,16-,17?,18?,19?/m0/s1. The third-order valence-electron chi connectivity index (χ3n) is 5.31. The Labute approximate surface area is 148 Å². The summed E-state index contributed by atoms with van der Waals surface area (Å²) in [5.74, 6) is -1.04. The molecule has 25 heavy (non-hydrogen) atoms. The van der Waals surface area contributed by atoms with Gasteiger partial charge in [0.05, 0.1) is 18.3 Å². The number of Topliss-reactive ketones (excluding diaryl/α,β-unsaturated/α-hetero) is 1. The summed E-state index contributed by atoms with van der Waals surface area (Å²) in [6.07, 6.45) is 3.10. The quantitative estimate of drug-likeness (QED) is 0.428. The van der Waals surface area contributed by atoms with Gasteiger partial charge in [-0.15, -0.1) is 0 Å². The van der Waals surface area contributed by atoms with Gasteiger partial charge in [-0.2, -0.15) is 0 Å². The highest BCUT2D eigenvalue weighted by molar-refractivity contribution is 5.96. The Balaban J connectivity index is 2.90. The van der Waals surface area contributed by atoms with Crippen molar-refractivity contribution in [3.63, 3.8) is 0 Å². The number of carbonyl (C=O) groups is 1. The first-order valence-electron chi connectivity index (χ1n) is 8.30. The molecule has 1 rings (SSSR count). The lowest BCUT2D eigenvalue weighted by Gasteiger charge is -2.38. The lowest BCUT2D eigenvalue weighted by molar-refractivity contribution is -0.123. The van der Waals surface area contributed by atoms with E-state index >= 15 is 0 Å². The summed E-state index contributed by atoms with van der Waals surface area (Å²) in [4.78, 5) is 11.9. The van der Waals surface area contributed by atoms with Crippen LogP contribution in [0.5, 0.6) is 0 Å². The molecule has 6 heteroatoms. The minimum Gasteiger partial charge on any atom is -0.392 e. The average Bonchev–Trinajstić information content (AvgIpc) is 2.48. The molecular weight excluding hydrogens is 324 g/mol. The molecule has 0 saturated carbocycles. The topological polar surface area (TPSA) is 118 Å². The lowest BCUT2D eigenvalue weighted by Crippen LogP contribution is -2.49. The van der Waals surface area contributed by atoms with Gasteiger partial charge in [0.15, 0.2) is 5.78 Å². The maximum absolute atomic E-state index is 11.9. The fourth-order valence-electron chi connectivity index (χ4n) is 2.87. The second kappa shape index (κ2) is 7.51. The van der Waals surface area contributed by atoms with Crippen LogP contribution in [0.1, 0.15) is 40.5 Å². The second-order valence-electron chi connectivity index (χ2n) is 7.54. The molecule has 1 aliphatic carbocycles. The zero-order valence-electron chi connectivity index (χ0n) is 15.4. The minimum absolute atomic E-state index is 0.0622. The summed E-state index contributed by atoms with van der Waals surface area (Å²) < 4.78 is 0. The van der Waals surface area contributed by atoms with Crippen LogP contribution >= 0.6 is 0 Å². The zero-order valence-corrected chi connectivity index (χ0v) is 15.4. The molecule has 5 atom stereocenters. The smallest absolute Gasteiger partial charge is 0.161 e. The average molecular weight is 354 g/mol. The molecule has 3 unspecified atom stereocenters. The molecule has 0 fully saturated rings. The molecule has 0 aliphatic heterocycles. The molecule has 5 N–H and O–H groups in total. The van der Waals surface area contributed by atoms with E-state index in [-0.39, 0.29) is 24.2 Å². The van der Waals surface area contributed by atoms with Crippen molar-refractivity contribution in [2.45, 2.75) is 63.4 Å². The molecule has 0 saturated heterocycles. The minimum atomic E-state index is -1.60. The van der Waals surface area contributed by atoms with Crippen LogP contribution in [0.4, 0.5) is 0 Å². The zero-order chi connectivity index (χ0) is 19.6. The summed E-state index contributed by atoms with van der Waals surface area (Å²) >= 11 is 0. The number of carbonyl (C=O) groups excluding carboxylic acids is 1. The number of ketones is 1. The van der Waals surface area contributed by atoms with E-state index in [0.717, 1.165) is 0 Å². The van der Waals surface area contributed by atoms with E-state index in [1.807, 2.05) is 0 Å². The van der Waals surface area contributed by atoms with E-state index in [2.05, 4.69) is 6.58 Å². The van der Waals surface area contributed by atoms with Crippen LogP contribution in [-0.2, 0) is 4.79 Å². The molecule has 142 valence electrons. The van der Waals surface area contributed by atoms with Gasteiger partial charge in [-0.3, -0.25) is 4.79 Å². The Bertz CT molecular complexity index is 583. The van der Waals surface area contributed by atoms with Gasteiger partial charge in [-0.1, -0.05) is 18.7 Å². The van der Waals surface area contributed by atoms with Crippen LogP contribution in [0.25, 0.3) is 0 Å². The molecule has 0 radical (unpaired) electrons. The molecule has 0 aromatic rings. The Morgan fingerprint density at radius 3 is 2.36 bits per heavy atom. The van der Waals surface area contributed by atoms with E-state index in [1.54, 1.807) is 6.92 Å². The van der Waals surface area contributed by atoms with E-state index in [4.69, 9.17) is 5.11 Å². The van der Waals surface area contributed by atoms with Crippen LogP contribution in [-0.4, -0.2) is 60.8 Å². The lowest BCUT2D eigenvalue weighted by atomic mass is 9.74. The highest BCUT2D eigenvalue weighted by Crippen LogP contribution is 2.34. The van der Waals surface area contributed by atoms with Crippen molar-refractivity contribution >= 4 is 5.78 Å². The molecule has 0 spiro atoms. The Morgan fingerprint density at radius 2 is 1.88 bits per heavy atom. The molecule has 0 amide bonds. The summed E-state index contributed by atoms with van der Waals surface area (Å²) in [5.41, 5.74) is -4.01. The summed E-state index contributed by atoms with van der Waals surface area (Å²) in [5, 5.41) is 50.7. The number of aliphatic hydroxyl groups excluding tert-OH is 2. The number of hydrogen-bond donors (Lipinski definition) is 5. The van der Waals surface area contributed by atoms with Gasteiger partial charge < -0.3 is 25.5 Å². The van der Waals surface area contributed by atoms with Crippen molar-refractivity contribution in [1.82, 2.24) is 0 Å². The van der Waals surface area contributed by atoms with Gasteiger partial charge in [-0.05, 0) is 45.8 Å². The number of hydrogen-bond acceptors (Lipinski definition) is 6. The van der Waals surface area contributed by atoms with Gasteiger partial charge in [0.25, 0.3) is 0 Å². The normalized spacial score (nSPS) is 28.8. The highest BCUT2D eigenvalue weighted by Gasteiger charge is 2.42. The van der Waals surface area contributed by atoms with Crippen molar-refractivity contribution in [2.75, 3.05) is 6.61 Å². The van der Waals surface area contributed by atoms with E-state index < -0.39 is 35.4 Å². The predicted molar refractivity (Wildman–Crippen MR) is 94.7 cm³/mol. The van der Waals surface area contributed by atoms with Crippen LogP contribution in [0.2, 0.25) is 0 Å². The van der Waals surface area contributed by atoms with Gasteiger partial charge in [0, 0.05) is 17.9 Å². The molecule has 6 nitrogen and oxygen atoms in total. The van der Waals surface area contributed by atoms with Crippen LogP contribution in [0, 0.1) is 5.92 Å². The summed E-state index contributed by atoms with van der Waals surface area (Å²) in [7, 11) is 0. The van der Waals surface area contributed by atoms with E-state index in [9.17, 15) is 25.2 Å². The van der Waals surface area contributed by atoms with Crippen LogP contribution < -0.4 is 0 Å². The van der Waals surface area contributed by atoms with Crippen molar-refractivity contribution in [2.24, 2.45) is 5.92 Å². The van der Waals surface area contributed by atoms with Crippen LogP contribution in [0.3, 0.4) is 0 Å². The fourth-order valence-corrected chi connectivity index (χ4v) is 2.87. The van der Waals surface area contributed by atoms with Gasteiger partial charge in [0.1, 0.15) is 11.2 Å². The first-order chi connectivity index (χ1) is 11.3. The third kappa shape index (κ3) is 4.65. The fraction of sp³-hybridized carbons (Fsp3) is 0.632. The first kappa shape index (κ1) is 21.7. The molecular formula is C19H30O6. The second-order valence-corrected chi connectivity index (χ2v) is 7.54. The number of rotatable bonds is 7. The van der Waals surface area contributed by atoms with Gasteiger partial charge in [-0.25, -0.2) is 0 Å². The van der Waals surface area contributed by atoms with Crippen molar-refractivity contribution < 1.29 is 30.3 Å². The maximum atomic E-state index is 11.9. The Hall–Kier alpha value is -1.31. The molecule has 0 aromatic carbocycles. The van der Waals surface area contributed by atoms with Crippen molar-refractivity contribution in [1.29, 1.82) is 0 Å². The summed E-state index contributed by atoms with van der Waals surface area (Å²) in [6, 6.07) is 0. The summed E-state index contributed by atoms with van der Waals surface area (Å²) in [6.45, 7) is 9.21. The van der Waals surface area contributed by atoms with Crippen LogP contribution in [0.15, 0.2) is 36.0 Å². The van der Waals surface area contributed by atoms with Crippen molar-refractivity contribution in [3.8, 4) is 0 Å². The number of aliphatic hydroxyl groups is 5. The highest BCUT2D eigenvalue weighted by atomic mass is 16.4. The Morgan fingerprint density at radius 1 is 1.32 bits per heavy atom. The van der Waals surface area contributed by atoms with Gasteiger partial charge in [0.2, 0.25) is 0 Å². The third-order valence-corrected chi connectivity index (χ3v) is 5.31. The Kier molecular flexibility index (Phi) is 6.53. The molecule has 0 heterocycles.